The molecule has 0 atom stereocenters. The first-order chi connectivity index (χ1) is 12.9. The molecule has 27 heavy (non-hydrogen) atoms. The van der Waals surface area contributed by atoms with Gasteiger partial charge in [0, 0.05) is 52.5 Å². The Hall–Kier alpha value is -1.95. The monoisotopic (exact) mass is 425 g/mol. The molecule has 1 aliphatic rings. The molecule has 0 radical (unpaired) electrons. The fourth-order valence-corrected chi connectivity index (χ4v) is 3.58. The second kappa shape index (κ2) is 8.83. The zero-order valence-electron chi connectivity index (χ0n) is 14.4. The largest absolute Gasteiger partial charge is 0.337 e. The number of carbonyl (C=O) groups is 2. The number of nitrogens with zero attached hydrogens (tertiary/aromatic N) is 2. The van der Waals surface area contributed by atoms with Gasteiger partial charge in [-0.15, -0.1) is 0 Å². The third-order valence-corrected chi connectivity index (χ3v) is 4.96. The smallest absolute Gasteiger partial charge is 0.321 e. The molecule has 2 aromatic rings. The van der Waals surface area contributed by atoms with Crippen LogP contribution in [0.4, 0.5) is 10.5 Å². The van der Waals surface area contributed by atoms with Gasteiger partial charge in [-0.2, -0.15) is 0 Å². The number of carbonyl (C=O) groups excluding carboxylic acids is 2. The van der Waals surface area contributed by atoms with Gasteiger partial charge >= 0.3 is 6.03 Å². The van der Waals surface area contributed by atoms with E-state index in [-0.39, 0.29) is 11.9 Å². The van der Waals surface area contributed by atoms with Crippen LogP contribution in [0.3, 0.4) is 0 Å². The third-order valence-electron chi connectivity index (χ3n) is 4.28. The molecule has 8 heteroatoms. The van der Waals surface area contributed by atoms with Gasteiger partial charge in [-0.1, -0.05) is 34.8 Å². The number of benzene rings is 2. The Kier molecular flexibility index (Phi) is 6.47. The van der Waals surface area contributed by atoms with Gasteiger partial charge in [0.2, 0.25) is 0 Å². The van der Waals surface area contributed by atoms with E-state index in [1.165, 1.54) is 0 Å². The van der Waals surface area contributed by atoms with Gasteiger partial charge in [-0.05, 0) is 48.9 Å². The average Bonchev–Trinajstić information content (AvgIpc) is 2.87. The molecular formula is C19H18Cl3N3O2. The SMILES string of the molecule is O=C(Nc1cc(Cl)cc(Cl)c1)N1CCCN(C(=O)c2ccc(Cl)cc2)CC1. The number of amides is 3. The molecule has 0 bridgehead atoms. The fraction of sp³-hybridized carbons (Fsp3) is 0.263. The number of nitrogens with one attached hydrogen (secondary N) is 1. The highest BCUT2D eigenvalue weighted by Crippen LogP contribution is 2.23. The van der Waals surface area contributed by atoms with Gasteiger partial charge in [-0.3, -0.25) is 4.79 Å². The summed E-state index contributed by atoms with van der Waals surface area (Å²) in [5.74, 6) is -0.0597. The Morgan fingerprint density at radius 3 is 2.04 bits per heavy atom. The number of urea groups is 1. The zero-order chi connectivity index (χ0) is 19.4. The Morgan fingerprint density at radius 2 is 1.37 bits per heavy atom. The highest BCUT2D eigenvalue weighted by Gasteiger charge is 2.23. The van der Waals surface area contributed by atoms with Crippen molar-refractivity contribution in [2.24, 2.45) is 0 Å². The second-order valence-corrected chi connectivity index (χ2v) is 7.54. The van der Waals surface area contributed by atoms with Gasteiger partial charge < -0.3 is 15.1 Å². The summed E-state index contributed by atoms with van der Waals surface area (Å²) < 4.78 is 0. The van der Waals surface area contributed by atoms with Crippen molar-refractivity contribution in [3.05, 3.63) is 63.1 Å². The standard InChI is InChI=1S/C19H18Cl3N3O2/c20-14-4-2-13(3-5-14)18(26)24-6-1-7-25(9-8-24)19(27)23-17-11-15(21)10-16(22)12-17/h2-5,10-12H,1,6-9H2,(H,23,27). The summed E-state index contributed by atoms with van der Waals surface area (Å²) >= 11 is 17.8. The van der Waals surface area contributed by atoms with Crippen LogP contribution in [0.25, 0.3) is 0 Å². The number of anilines is 1. The van der Waals surface area contributed by atoms with Gasteiger partial charge in [-0.25, -0.2) is 4.79 Å². The Bertz CT molecular complexity index is 822. The first-order valence-electron chi connectivity index (χ1n) is 8.49. The van der Waals surface area contributed by atoms with Crippen LogP contribution in [0.15, 0.2) is 42.5 Å². The summed E-state index contributed by atoms with van der Waals surface area (Å²) in [6.07, 6.45) is 0.697. The number of rotatable bonds is 2. The molecule has 0 saturated carbocycles. The molecule has 1 N–H and O–H groups in total. The summed E-state index contributed by atoms with van der Waals surface area (Å²) in [6.45, 7) is 2.06. The maximum Gasteiger partial charge on any atom is 0.321 e. The van der Waals surface area contributed by atoms with Crippen LogP contribution >= 0.6 is 34.8 Å². The normalized spacial score (nSPS) is 14.6. The molecule has 3 rings (SSSR count). The zero-order valence-corrected chi connectivity index (χ0v) is 16.7. The Labute approximate surface area is 172 Å². The van der Waals surface area contributed by atoms with Gasteiger partial charge in [0.05, 0.1) is 0 Å². The van der Waals surface area contributed by atoms with Crippen LogP contribution in [-0.2, 0) is 0 Å². The highest BCUT2D eigenvalue weighted by molar-refractivity contribution is 6.35. The van der Waals surface area contributed by atoms with Crippen molar-refractivity contribution in [1.82, 2.24) is 9.80 Å². The molecular weight excluding hydrogens is 409 g/mol. The molecule has 1 heterocycles. The van der Waals surface area contributed by atoms with Gasteiger partial charge in [0.1, 0.15) is 0 Å². The lowest BCUT2D eigenvalue weighted by atomic mass is 10.2. The summed E-state index contributed by atoms with van der Waals surface area (Å²) in [4.78, 5) is 28.6. The third kappa shape index (κ3) is 5.28. The quantitative estimate of drug-likeness (QED) is 0.732. The van der Waals surface area contributed by atoms with Crippen LogP contribution in [-0.4, -0.2) is 47.9 Å². The molecule has 142 valence electrons. The van der Waals surface area contributed by atoms with Crippen molar-refractivity contribution in [3.8, 4) is 0 Å². The van der Waals surface area contributed by atoms with E-state index in [9.17, 15) is 9.59 Å². The van der Waals surface area contributed by atoms with Crippen molar-refractivity contribution in [2.75, 3.05) is 31.5 Å². The highest BCUT2D eigenvalue weighted by atomic mass is 35.5. The van der Waals surface area contributed by atoms with Crippen LogP contribution in [0.5, 0.6) is 0 Å². The van der Waals surface area contributed by atoms with E-state index in [1.807, 2.05) is 0 Å². The maximum atomic E-state index is 12.6. The van der Waals surface area contributed by atoms with E-state index in [4.69, 9.17) is 34.8 Å². The molecule has 0 spiro atoms. The topological polar surface area (TPSA) is 52.7 Å². The minimum absolute atomic E-state index is 0.0597. The van der Waals surface area contributed by atoms with E-state index in [0.29, 0.717) is 58.9 Å². The molecule has 3 amide bonds. The molecule has 0 unspecified atom stereocenters. The van der Waals surface area contributed by atoms with Crippen molar-refractivity contribution in [1.29, 1.82) is 0 Å². The Balaban J connectivity index is 1.61. The predicted octanol–water partition coefficient (Wildman–Crippen LogP) is 5.03. The van der Waals surface area contributed by atoms with Crippen LogP contribution in [0, 0.1) is 0 Å². The van der Waals surface area contributed by atoms with Crippen molar-refractivity contribution in [2.45, 2.75) is 6.42 Å². The first kappa shape index (κ1) is 19.8. The number of halogens is 3. The van der Waals surface area contributed by atoms with Crippen molar-refractivity contribution in [3.63, 3.8) is 0 Å². The predicted molar refractivity (Wildman–Crippen MR) is 109 cm³/mol. The van der Waals surface area contributed by atoms with E-state index < -0.39 is 0 Å². The molecule has 1 aliphatic heterocycles. The van der Waals surface area contributed by atoms with E-state index >= 15 is 0 Å². The van der Waals surface area contributed by atoms with Crippen LogP contribution in [0.1, 0.15) is 16.8 Å². The average molecular weight is 427 g/mol. The summed E-state index contributed by atoms with van der Waals surface area (Å²) in [5, 5.41) is 4.30. The molecule has 2 aromatic carbocycles. The molecule has 0 aromatic heterocycles. The lowest BCUT2D eigenvalue weighted by Gasteiger charge is -2.22. The minimum Gasteiger partial charge on any atom is -0.337 e. The first-order valence-corrected chi connectivity index (χ1v) is 9.62. The fourth-order valence-electron chi connectivity index (χ4n) is 2.93. The van der Waals surface area contributed by atoms with Gasteiger partial charge in [0.15, 0.2) is 0 Å². The molecule has 0 aliphatic carbocycles. The van der Waals surface area contributed by atoms with Gasteiger partial charge in [0.25, 0.3) is 5.91 Å². The molecule has 1 saturated heterocycles. The number of hydrogen-bond donors (Lipinski definition) is 1. The molecule has 5 nitrogen and oxygen atoms in total. The maximum absolute atomic E-state index is 12.6. The van der Waals surface area contributed by atoms with E-state index in [1.54, 1.807) is 52.3 Å². The lowest BCUT2D eigenvalue weighted by molar-refractivity contribution is 0.0762. The van der Waals surface area contributed by atoms with Crippen LogP contribution in [0.2, 0.25) is 15.1 Å². The van der Waals surface area contributed by atoms with Crippen molar-refractivity contribution >= 4 is 52.4 Å². The van der Waals surface area contributed by atoms with E-state index in [0.717, 1.165) is 0 Å². The Morgan fingerprint density at radius 1 is 0.778 bits per heavy atom. The summed E-state index contributed by atoms with van der Waals surface area (Å²) in [7, 11) is 0. The van der Waals surface area contributed by atoms with Crippen LogP contribution < -0.4 is 5.32 Å². The molecule has 1 fully saturated rings. The summed E-state index contributed by atoms with van der Waals surface area (Å²) in [6, 6.07) is 11.5. The minimum atomic E-state index is -0.242. The summed E-state index contributed by atoms with van der Waals surface area (Å²) in [5.41, 5.74) is 1.13. The second-order valence-electron chi connectivity index (χ2n) is 6.23. The van der Waals surface area contributed by atoms with Crippen molar-refractivity contribution < 1.29 is 9.59 Å². The lowest BCUT2D eigenvalue weighted by Crippen LogP contribution is -2.39. The number of hydrogen-bond acceptors (Lipinski definition) is 2. The van der Waals surface area contributed by atoms with E-state index in [2.05, 4.69) is 5.32 Å².